The summed E-state index contributed by atoms with van der Waals surface area (Å²) in [5, 5.41) is 12.2. The number of imide groups is 1. The highest BCUT2D eigenvalue weighted by Gasteiger charge is 2.37. The zero-order valence-corrected chi connectivity index (χ0v) is 19.1. The van der Waals surface area contributed by atoms with Crippen LogP contribution in [0.4, 0.5) is 11.4 Å². The molecule has 8 heteroatoms. The maximum Gasteiger partial charge on any atom is 0.335 e. The number of carbonyl (C=O) groups excluding carboxylic acids is 4. The lowest BCUT2D eigenvalue weighted by molar-refractivity contribution is 0.0695. The number of amides is 3. The number of carbonyl (C=O) groups is 5. The Kier molecular flexibility index (Phi) is 6.29. The van der Waals surface area contributed by atoms with E-state index < -0.39 is 23.7 Å². The van der Waals surface area contributed by atoms with E-state index in [0.29, 0.717) is 19.1 Å². The molecule has 176 valence electrons. The Morgan fingerprint density at radius 3 is 2.20 bits per heavy atom. The van der Waals surface area contributed by atoms with Crippen molar-refractivity contribution >= 4 is 41.4 Å². The Labute approximate surface area is 201 Å². The Balaban J connectivity index is 1.74. The molecule has 35 heavy (non-hydrogen) atoms. The van der Waals surface area contributed by atoms with Crippen LogP contribution in [0.5, 0.6) is 0 Å². The SMILES string of the molecule is CCc1ccc(C=O)c(C(=O)Nc2cc(C(=O)O)cc(N3C(=O)c4ccc(CC)cc4C3=O)c2)c1. The normalized spacial score (nSPS) is 12.5. The summed E-state index contributed by atoms with van der Waals surface area (Å²) in [6.45, 7) is 3.84. The number of aldehydes is 1. The van der Waals surface area contributed by atoms with Gasteiger partial charge in [0, 0.05) is 11.3 Å². The number of hydrogen-bond donors (Lipinski definition) is 2. The first-order chi connectivity index (χ1) is 16.8. The number of carboxylic acid groups (broad SMARTS) is 1. The quantitative estimate of drug-likeness (QED) is 0.391. The first kappa shape index (κ1) is 23.6. The molecule has 1 aliphatic heterocycles. The first-order valence-electron chi connectivity index (χ1n) is 11.1. The van der Waals surface area contributed by atoms with Crippen LogP contribution in [0, 0.1) is 0 Å². The van der Waals surface area contributed by atoms with Crippen LogP contribution in [0.3, 0.4) is 0 Å². The number of hydrogen-bond acceptors (Lipinski definition) is 5. The van der Waals surface area contributed by atoms with Crippen LogP contribution in [0.1, 0.15) is 76.8 Å². The second kappa shape index (κ2) is 9.34. The number of anilines is 2. The summed E-state index contributed by atoms with van der Waals surface area (Å²) in [5.41, 5.74) is 2.38. The van der Waals surface area contributed by atoms with Gasteiger partial charge in [0.2, 0.25) is 0 Å². The molecule has 0 fully saturated rings. The van der Waals surface area contributed by atoms with Crippen molar-refractivity contribution in [2.24, 2.45) is 0 Å². The number of carboxylic acids is 1. The monoisotopic (exact) mass is 470 g/mol. The molecule has 0 saturated heterocycles. The van der Waals surface area contributed by atoms with Crippen LogP contribution in [-0.4, -0.2) is 35.1 Å². The van der Waals surface area contributed by atoms with Crippen molar-refractivity contribution < 1.29 is 29.1 Å². The number of rotatable bonds is 7. The topological polar surface area (TPSA) is 121 Å². The molecule has 0 radical (unpaired) electrons. The van der Waals surface area contributed by atoms with Gasteiger partial charge < -0.3 is 10.4 Å². The Morgan fingerprint density at radius 1 is 0.886 bits per heavy atom. The summed E-state index contributed by atoms with van der Waals surface area (Å²) < 4.78 is 0. The number of nitrogens with zero attached hydrogens (tertiary/aromatic N) is 1. The van der Waals surface area contributed by atoms with Gasteiger partial charge in [-0.25, -0.2) is 9.69 Å². The molecule has 0 aliphatic carbocycles. The number of fused-ring (bicyclic) bond motifs is 1. The highest BCUT2D eigenvalue weighted by Crippen LogP contribution is 2.32. The van der Waals surface area contributed by atoms with Crippen molar-refractivity contribution in [2.75, 3.05) is 10.2 Å². The molecule has 4 rings (SSSR count). The smallest absolute Gasteiger partial charge is 0.335 e. The molecule has 3 aromatic rings. The van der Waals surface area contributed by atoms with E-state index in [1.807, 2.05) is 13.8 Å². The summed E-state index contributed by atoms with van der Waals surface area (Å²) in [4.78, 5) is 63.2. The summed E-state index contributed by atoms with van der Waals surface area (Å²) >= 11 is 0. The van der Waals surface area contributed by atoms with Crippen LogP contribution in [0.15, 0.2) is 54.6 Å². The third-order valence-corrected chi connectivity index (χ3v) is 5.94. The minimum Gasteiger partial charge on any atom is -0.478 e. The lowest BCUT2D eigenvalue weighted by atomic mass is 10.0. The molecule has 0 unspecified atom stereocenters. The zero-order valence-electron chi connectivity index (χ0n) is 19.1. The van der Waals surface area contributed by atoms with E-state index in [-0.39, 0.29) is 39.2 Å². The molecule has 3 aromatic carbocycles. The van der Waals surface area contributed by atoms with E-state index in [2.05, 4.69) is 5.32 Å². The fourth-order valence-corrected chi connectivity index (χ4v) is 4.00. The van der Waals surface area contributed by atoms with Crippen LogP contribution in [0.25, 0.3) is 0 Å². The highest BCUT2D eigenvalue weighted by atomic mass is 16.4. The Bertz CT molecular complexity index is 1410. The third-order valence-electron chi connectivity index (χ3n) is 5.94. The molecule has 0 bridgehead atoms. The van der Waals surface area contributed by atoms with E-state index in [4.69, 9.17) is 0 Å². The van der Waals surface area contributed by atoms with Crippen molar-refractivity contribution in [3.8, 4) is 0 Å². The van der Waals surface area contributed by atoms with Gasteiger partial charge in [-0.05, 0) is 60.4 Å². The van der Waals surface area contributed by atoms with Crippen LogP contribution in [-0.2, 0) is 12.8 Å². The average molecular weight is 470 g/mol. The van der Waals surface area contributed by atoms with Gasteiger partial charge in [0.15, 0.2) is 6.29 Å². The minimum absolute atomic E-state index is 0.0161. The van der Waals surface area contributed by atoms with E-state index in [9.17, 15) is 29.1 Å². The van der Waals surface area contributed by atoms with E-state index in [0.717, 1.165) is 16.0 Å². The molecule has 0 saturated carbocycles. The van der Waals surface area contributed by atoms with E-state index in [1.165, 1.54) is 18.2 Å². The summed E-state index contributed by atoms with van der Waals surface area (Å²) in [5.74, 6) is -3.06. The van der Waals surface area contributed by atoms with Crippen molar-refractivity contribution in [2.45, 2.75) is 26.7 Å². The average Bonchev–Trinajstić information content (AvgIpc) is 3.12. The lowest BCUT2D eigenvalue weighted by Gasteiger charge is -2.17. The van der Waals surface area contributed by atoms with Gasteiger partial charge >= 0.3 is 5.97 Å². The second-order valence-corrected chi connectivity index (χ2v) is 8.10. The molecule has 2 N–H and O–H groups in total. The van der Waals surface area contributed by atoms with Gasteiger partial charge in [-0.3, -0.25) is 19.2 Å². The number of aromatic carboxylic acids is 1. The van der Waals surface area contributed by atoms with Gasteiger partial charge in [0.25, 0.3) is 17.7 Å². The Hall–Kier alpha value is -4.59. The first-order valence-corrected chi connectivity index (χ1v) is 11.1. The van der Waals surface area contributed by atoms with E-state index >= 15 is 0 Å². The lowest BCUT2D eigenvalue weighted by Crippen LogP contribution is -2.29. The number of nitrogens with one attached hydrogen (secondary N) is 1. The van der Waals surface area contributed by atoms with Crippen LogP contribution < -0.4 is 10.2 Å². The number of aryl methyl sites for hydroxylation is 2. The summed E-state index contributed by atoms with van der Waals surface area (Å²) in [7, 11) is 0. The molecular weight excluding hydrogens is 448 g/mol. The maximum atomic E-state index is 13.1. The van der Waals surface area contributed by atoms with Crippen molar-refractivity contribution in [1.82, 2.24) is 0 Å². The van der Waals surface area contributed by atoms with Gasteiger partial charge in [-0.2, -0.15) is 0 Å². The largest absolute Gasteiger partial charge is 0.478 e. The Morgan fingerprint density at radius 2 is 1.54 bits per heavy atom. The minimum atomic E-state index is -1.30. The van der Waals surface area contributed by atoms with Crippen molar-refractivity contribution in [3.05, 3.63) is 93.5 Å². The zero-order chi connectivity index (χ0) is 25.3. The molecule has 0 aromatic heterocycles. The van der Waals surface area contributed by atoms with Crippen LogP contribution >= 0.6 is 0 Å². The van der Waals surface area contributed by atoms with E-state index in [1.54, 1.807) is 36.4 Å². The molecule has 3 amide bonds. The van der Waals surface area contributed by atoms with Gasteiger partial charge in [-0.1, -0.05) is 32.0 Å². The molecule has 1 aliphatic rings. The molecule has 1 heterocycles. The fraction of sp³-hybridized carbons (Fsp3) is 0.148. The maximum absolute atomic E-state index is 13.1. The van der Waals surface area contributed by atoms with Gasteiger partial charge in [0.05, 0.1) is 27.9 Å². The predicted octanol–water partition coefficient (Wildman–Crippen LogP) is 4.38. The predicted molar refractivity (Wildman–Crippen MR) is 130 cm³/mol. The van der Waals surface area contributed by atoms with Gasteiger partial charge in [0.1, 0.15) is 0 Å². The summed E-state index contributed by atoms with van der Waals surface area (Å²) in [6, 6.07) is 13.7. The van der Waals surface area contributed by atoms with Crippen molar-refractivity contribution in [1.29, 1.82) is 0 Å². The molecule has 8 nitrogen and oxygen atoms in total. The van der Waals surface area contributed by atoms with Crippen molar-refractivity contribution in [3.63, 3.8) is 0 Å². The highest BCUT2D eigenvalue weighted by molar-refractivity contribution is 6.34. The third kappa shape index (κ3) is 4.33. The molecule has 0 spiro atoms. The standard InChI is InChI=1S/C27H22N2O6/c1-3-15-5-7-17(14-30)22(9-15)24(31)28-19-11-18(27(34)35)12-20(13-19)29-25(32)21-8-6-16(4-2)10-23(21)26(29)33/h5-14H,3-4H2,1-2H3,(H,28,31)(H,34,35). The van der Waals surface area contributed by atoms with Gasteiger partial charge in [-0.15, -0.1) is 0 Å². The number of benzene rings is 3. The summed E-state index contributed by atoms with van der Waals surface area (Å²) in [6.07, 6.45) is 1.90. The fourth-order valence-electron chi connectivity index (χ4n) is 4.00. The molecular formula is C27H22N2O6. The van der Waals surface area contributed by atoms with Crippen LogP contribution in [0.2, 0.25) is 0 Å². The molecule has 0 atom stereocenters. The second-order valence-electron chi connectivity index (χ2n) is 8.10.